The summed E-state index contributed by atoms with van der Waals surface area (Å²) in [5.41, 5.74) is 1.73. The first kappa shape index (κ1) is 21.6. The molecule has 2 aromatic rings. The molecule has 2 amide bonds. The third-order valence-electron chi connectivity index (χ3n) is 4.45. The highest BCUT2D eigenvalue weighted by atomic mass is 19.1. The van der Waals surface area contributed by atoms with Crippen LogP contribution < -0.4 is 5.32 Å². The van der Waals surface area contributed by atoms with Crippen molar-refractivity contribution in [3.63, 3.8) is 0 Å². The Morgan fingerprint density at radius 1 is 1.07 bits per heavy atom. The second kappa shape index (κ2) is 11.2. The summed E-state index contributed by atoms with van der Waals surface area (Å²) in [7, 11) is 1.61. The van der Waals surface area contributed by atoms with Crippen molar-refractivity contribution in [2.75, 3.05) is 20.3 Å². The number of carbonyl (C=O) groups is 2. The van der Waals surface area contributed by atoms with E-state index in [1.165, 1.54) is 24.0 Å². The molecule has 6 heteroatoms. The highest BCUT2D eigenvalue weighted by Crippen LogP contribution is 2.15. The maximum Gasteiger partial charge on any atom is 0.243 e. The third kappa shape index (κ3) is 6.78. The number of carbonyl (C=O) groups excluding carboxylic acids is 2. The van der Waals surface area contributed by atoms with Crippen molar-refractivity contribution in [3.05, 3.63) is 71.5 Å². The number of benzene rings is 2. The number of halogens is 1. The molecule has 28 heavy (non-hydrogen) atoms. The van der Waals surface area contributed by atoms with Crippen LogP contribution in [0.1, 0.15) is 24.5 Å². The summed E-state index contributed by atoms with van der Waals surface area (Å²) in [5.74, 6) is -0.760. The van der Waals surface area contributed by atoms with Gasteiger partial charge in [0.1, 0.15) is 11.9 Å². The molecule has 0 aliphatic carbocycles. The lowest BCUT2D eigenvalue weighted by Crippen LogP contribution is -2.50. The fourth-order valence-corrected chi connectivity index (χ4v) is 2.96. The van der Waals surface area contributed by atoms with Gasteiger partial charge < -0.3 is 15.0 Å². The number of hydrogen-bond acceptors (Lipinski definition) is 3. The van der Waals surface area contributed by atoms with E-state index >= 15 is 0 Å². The molecule has 0 spiro atoms. The lowest BCUT2D eigenvalue weighted by atomic mass is 10.0. The summed E-state index contributed by atoms with van der Waals surface area (Å²) >= 11 is 0. The Morgan fingerprint density at radius 2 is 1.75 bits per heavy atom. The predicted molar refractivity (Wildman–Crippen MR) is 106 cm³/mol. The third-order valence-corrected chi connectivity index (χ3v) is 4.45. The van der Waals surface area contributed by atoms with Crippen LogP contribution in [0.3, 0.4) is 0 Å². The van der Waals surface area contributed by atoms with Gasteiger partial charge in [0.15, 0.2) is 0 Å². The Balaban J connectivity index is 2.20. The average Bonchev–Trinajstić information content (AvgIpc) is 2.70. The largest absolute Gasteiger partial charge is 0.385 e. The maximum atomic E-state index is 13.2. The number of hydrogen-bond donors (Lipinski definition) is 1. The zero-order valence-electron chi connectivity index (χ0n) is 16.4. The van der Waals surface area contributed by atoms with Crippen LogP contribution in [0.5, 0.6) is 0 Å². The number of methoxy groups -OCH3 is 1. The molecule has 0 bridgehead atoms. The lowest BCUT2D eigenvalue weighted by molar-refractivity contribution is -0.139. The van der Waals surface area contributed by atoms with E-state index in [1.807, 2.05) is 30.3 Å². The molecule has 150 valence electrons. The first-order chi connectivity index (χ1) is 13.5. The van der Waals surface area contributed by atoms with Gasteiger partial charge in [-0.2, -0.15) is 0 Å². The molecule has 0 aromatic heterocycles. The van der Waals surface area contributed by atoms with E-state index in [0.717, 1.165) is 11.1 Å². The van der Waals surface area contributed by atoms with Crippen LogP contribution in [0.15, 0.2) is 54.6 Å². The Morgan fingerprint density at radius 3 is 2.36 bits per heavy atom. The van der Waals surface area contributed by atoms with E-state index in [0.29, 0.717) is 26.0 Å². The van der Waals surface area contributed by atoms with Crippen LogP contribution in [-0.4, -0.2) is 43.0 Å². The second-order valence-corrected chi connectivity index (χ2v) is 6.62. The van der Waals surface area contributed by atoms with Crippen LogP contribution in [0.2, 0.25) is 0 Å². The number of nitrogens with one attached hydrogen (secondary N) is 1. The van der Waals surface area contributed by atoms with Crippen molar-refractivity contribution >= 4 is 11.8 Å². The summed E-state index contributed by atoms with van der Waals surface area (Å²) in [4.78, 5) is 26.8. The monoisotopic (exact) mass is 386 g/mol. The van der Waals surface area contributed by atoms with Crippen molar-refractivity contribution in [1.82, 2.24) is 10.2 Å². The summed E-state index contributed by atoms with van der Waals surface area (Å²) < 4.78 is 18.2. The van der Waals surface area contributed by atoms with Crippen LogP contribution in [0.4, 0.5) is 4.39 Å². The SMILES string of the molecule is COCCCNC(=O)[C@H](Cc1ccccc1)N(Cc1ccc(F)cc1)C(C)=O. The van der Waals surface area contributed by atoms with Gasteiger partial charge in [0.05, 0.1) is 0 Å². The van der Waals surface area contributed by atoms with E-state index in [4.69, 9.17) is 4.74 Å². The Hall–Kier alpha value is -2.73. The molecular weight excluding hydrogens is 359 g/mol. The van der Waals surface area contributed by atoms with E-state index in [2.05, 4.69) is 5.32 Å². The molecule has 2 rings (SSSR count). The standard InChI is InChI=1S/C22H27FN2O3/c1-17(26)25(16-19-9-11-20(23)12-10-19)21(15-18-7-4-3-5-8-18)22(27)24-13-6-14-28-2/h3-5,7-12,21H,6,13-16H2,1-2H3,(H,24,27)/t21-/m0/s1. The first-order valence-corrected chi connectivity index (χ1v) is 9.33. The molecule has 5 nitrogen and oxygen atoms in total. The van der Waals surface area contributed by atoms with E-state index in [9.17, 15) is 14.0 Å². The fourth-order valence-electron chi connectivity index (χ4n) is 2.96. The molecule has 0 unspecified atom stereocenters. The van der Waals surface area contributed by atoms with Crippen LogP contribution in [-0.2, 0) is 27.3 Å². The van der Waals surface area contributed by atoms with Gasteiger partial charge in [-0.15, -0.1) is 0 Å². The first-order valence-electron chi connectivity index (χ1n) is 9.33. The zero-order chi connectivity index (χ0) is 20.4. The summed E-state index contributed by atoms with van der Waals surface area (Å²) in [6.07, 6.45) is 1.09. The average molecular weight is 386 g/mol. The quantitative estimate of drug-likeness (QED) is 0.639. The van der Waals surface area contributed by atoms with Crippen molar-refractivity contribution < 1.29 is 18.7 Å². The van der Waals surface area contributed by atoms with E-state index in [-0.39, 0.29) is 24.2 Å². The Labute approximate surface area is 165 Å². The van der Waals surface area contributed by atoms with E-state index < -0.39 is 6.04 Å². The van der Waals surface area contributed by atoms with Gasteiger partial charge in [-0.05, 0) is 29.7 Å². The molecule has 0 aliphatic heterocycles. The van der Waals surface area contributed by atoms with Gasteiger partial charge in [-0.1, -0.05) is 42.5 Å². The Bertz CT molecular complexity index is 750. The van der Waals surface area contributed by atoms with E-state index in [1.54, 1.807) is 19.2 Å². The summed E-state index contributed by atoms with van der Waals surface area (Å²) in [5, 5.41) is 2.90. The number of rotatable bonds is 10. The molecule has 0 radical (unpaired) electrons. The van der Waals surface area contributed by atoms with Gasteiger partial charge >= 0.3 is 0 Å². The van der Waals surface area contributed by atoms with Gasteiger partial charge in [0.2, 0.25) is 11.8 Å². The number of nitrogens with zero attached hydrogens (tertiary/aromatic N) is 1. The number of amides is 2. The normalized spacial score (nSPS) is 11.7. The smallest absolute Gasteiger partial charge is 0.243 e. The second-order valence-electron chi connectivity index (χ2n) is 6.62. The zero-order valence-corrected chi connectivity index (χ0v) is 16.4. The molecule has 0 aliphatic rings. The highest BCUT2D eigenvalue weighted by molar-refractivity contribution is 5.87. The van der Waals surface area contributed by atoms with Gasteiger partial charge in [0, 0.05) is 40.2 Å². The summed E-state index contributed by atoms with van der Waals surface area (Å²) in [6.45, 7) is 2.70. The van der Waals surface area contributed by atoms with Crippen LogP contribution in [0.25, 0.3) is 0 Å². The van der Waals surface area contributed by atoms with Crippen molar-refractivity contribution in [1.29, 1.82) is 0 Å². The Kier molecular flexibility index (Phi) is 8.62. The fraction of sp³-hybridized carbons (Fsp3) is 0.364. The van der Waals surface area contributed by atoms with Gasteiger partial charge in [-0.3, -0.25) is 9.59 Å². The summed E-state index contributed by atoms with van der Waals surface area (Å²) in [6, 6.07) is 14.9. The minimum atomic E-state index is -0.660. The van der Waals surface area contributed by atoms with Crippen molar-refractivity contribution in [2.24, 2.45) is 0 Å². The van der Waals surface area contributed by atoms with Crippen LogP contribution in [0, 0.1) is 5.82 Å². The van der Waals surface area contributed by atoms with Gasteiger partial charge in [0.25, 0.3) is 0 Å². The highest BCUT2D eigenvalue weighted by Gasteiger charge is 2.28. The molecule has 0 saturated heterocycles. The van der Waals surface area contributed by atoms with Gasteiger partial charge in [-0.25, -0.2) is 4.39 Å². The maximum absolute atomic E-state index is 13.2. The van der Waals surface area contributed by atoms with Crippen LogP contribution >= 0.6 is 0 Å². The topological polar surface area (TPSA) is 58.6 Å². The minimum absolute atomic E-state index is 0.211. The molecule has 0 heterocycles. The molecule has 1 N–H and O–H groups in total. The van der Waals surface area contributed by atoms with Crippen molar-refractivity contribution in [2.45, 2.75) is 32.4 Å². The lowest BCUT2D eigenvalue weighted by Gasteiger charge is -2.30. The number of ether oxygens (including phenoxy) is 1. The van der Waals surface area contributed by atoms with Crippen molar-refractivity contribution in [3.8, 4) is 0 Å². The molecule has 0 saturated carbocycles. The molecule has 2 aromatic carbocycles. The predicted octanol–water partition coefficient (Wildman–Crippen LogP) is 2.94. The molecule has 1 atom stereocenters. The minimum Gasteiger partial charge on any atom is -0.385 e. The molecule has 0 fully saturated rings. The molecular formula is C22H27FN2O3.